The maximum absolute atomic E-state index is 5.79. The maximum atomic E-state index is 5.79. The molecule has 0 atom stereocenters. The first-order chi connectivity index (χ1) is 7.83. The molecule has 1 fully saturated rings. The molecule has 1 aliphatic carbocycles. The van der Waals surface area contributed by atoms with Gasteiger partial charge in [-0.25, -0.2) is 4.98 Å². The summed E-state index contributed by atoms with van der Waals surface area (Å²) in [5.74, 6) is 2.02. The third-order valence-electron chi connectivity index (χ3n) is 2.52. The van der Waals surface area contributed by atoms with Crippen molar-refractivity contribution < 1.29 is 4.74 Å². The van der Waals surface area contributed by atoms with Crippen LogP contribution >= 0.6 is 11.6 Å². The molecule has 82 valence electrons. The first-order valence-electron chi connectivity index (χ1n) is 5.16. The molecule has 0 aromatic carbocycles. The quantitative estimate of drug-likeness (QED) is 0.832. The number of ether oxygens (including phenoxy) is 1. The van der Waals surface area contributed by atoms with Gasteiger partial charge in [-0.2, -0.15) is 5.10 Å². The van der Waals surface area contributed by atoms with E-state index in [1.807, 2.05) is 0 Å². The summed E-state index contributed by atoms with van der Waals surface area (Å²) in [4.78, 5) is 3.90. The van der Waals surface area contributed by atoms with Crippen LogP contribution in [0, 0.1) is 0 Å². The normalized spacial score (nSPS) is 15.1. The molecule has 0 spiro atoms. The predicted octanol–water partition coefficient (Wildman–Crippen LogP) is 3.13. The number of halogens is 1. The lowest BCUT2D eigenvalue weighted by atomic mass is 10.3. The summed E-state index contributed by atoms with van der Waals surface area (Å²) in [7, 11) is 0. The first kappa shape index (κ1) is 9.66. The Morgan fingerprint density at radius 1 is 1.44 bits per heavy atom. The lowest BCUT2D eigenvalue weighted by molar-refractivity contribution is 0.476. The summed E-state index contributed by atoms with van der Waals surface area (Å²) < 4.78 is 5.71. The van der Waals surface area contributed by atoms with E-state index in [1.54, 1.807) is 24.5 Å². The Balaban J connectivity index is 1.85. The van der Waals surface area contributed by atoms with Gasteiger partial charge in [-0.05, 0) is 18.9 Å². The van der Waals surface area contributed by atoms with Crippen LogP contribution in [-0.2, 0) is 0 Å². The molecule has 4 nitrogen and oxygen atoms in total. The van der Waals surface area contributed by atoms with Gasteiger partial charge in [-0.1, -0.05) is 11.6 Å². The van der Waals surface area contributed by atoms with Gasteiger partial charge in [0.15, 0.2) is 5.75 Å². The fourth-order valence-corrected chi connectivity index (χ4v) is 1.76. The van der Waals surface area contributed by atoms with E-state index in [0.717, 1.165) is 11.4 Å². The highest BCUT2D eigenvalue weighted by atomic mass is 35.5. The molecule has 0 amide bonds. The zero-order chi connectivity index (χ0) is 11.0. The van der Waals surface area contributed by atoms with Crippen LogP contribution in [0.25, 0.3) is 0 Å². The first-order valence-corrected chi connectivity index (χ1v) is 5.54. The van der Waals surface area contributed by atoms with Gasteiger partial charge in [-0.3, -0.25) is 5.10 Å². The van der Waals surface area contributed by atoms with Crippen LogP contribution in [0.1, 0.15) is 24.5 Å². The second kappa shape index (κ2) is 3.79. The Labute approximate surface area is 97.6 Å². The zero-order valence-corrected chi connectivity index (χ0v) is 9.24. The van der Waals surface area contributed by atoms with E-state index in [4.69, 9.17) is 16.3 Å². The fraction of sp³-hybridized carbons (Fsp3) is 0.273. The Kier molecular flexibility index (Phi) is 2.29. The van der Waals surface area contributed by atoms with E-state index < -0.39 is 0 Å². The van der Waals surface area contributed by atoms with Gasteiger partial charge in [-0.15, -0.1) is 0 Å². The number of nitrogens with zero attached hydrogens (tertiary/aromatic N) is 2. The smallest absolute Gasteiger partial charge is 0.168 e. The molecule has 0 radical (unpaired) electrons. The molecule has 2 aromatic rings. The molecular formula is C11H10ClN3O. The molecule has 0 unspecified atom stereocenters. The van der Waals surface area contributed by atoms with E-state index in [2.05, 4.69) is 15.2 Å². The van der Waals surface area contributed by atoms with E-state index in [-0.39, 0.29) is 0 Å². The van der Waals surface area contributed by atoms with Crippen molar-refractivity contribution in [2.24, 2.45) is 0 Å². The van der Waals surface area contributed by atoms with Crippen molar-refractivity contribution in [3.05, 3.63) is 35.4 Å². The van der Waals surface area contributed by atoms with Gasteiger partial charge in [0.1, 0.15) is 16.6 Å². The van der Waals surface area contributed by atoms with Crippen molar-refractivity contribution in [2.75, 3.05) is 0 Å². The minimum Gasteiger partial charge on any atom is -0.454 e. The summed E-state index contributed by atoms with van der Waals surface area (Å²) in [5, 5.41) is 7.45. The summed E-state index contributed by atoms with van der Waals surface area (Å²) >= 11 is 5.79. The molecule has 3 rings (SSSR count). The van der Waals surface area contributed by atoms with Crippen LogP contribution in [0.5, 0.6) is 11.5 Å². The second-order valence-corrected chi connectivity index (χ2v) is 4.21. The third kappa shape index (κ3) is 1.88. The summed E-state index contributed by atoms with van der Waals surface area (Å²) in [6, 6.07) is 3.46. The third-order valence-corrected chi connectivity index (χ3v) is 2.73. The van der Waals surface area contributed by atoms with Crippen LogP contribution in [0.3, 0.4) is 0 Å². The summed E-state index contributed by atoms with van der Waals surface area (Å²) in [5.41, 5.74) is 1.01. The Bertz CT molecular complexity index is 507. The highest BCUT2D eigenvalue weighted by molar-refractivity contribution is 6.29. The van der Waals surface area contributed by atoms with Crippen LogP contribution in [0.2, 0.25) is 5.15 Å². The lowest BCUT2D eigenvalue weighted by Gasteiger charge is -2.04. The van der Waals surface area contributed by atoms with Gasteiger partial charge in [0.25, 0.3) is 0 Å². The van der Waals surface area contributed by atoms with Crippen molar-refractivity contribution in [3.8, 4) is 11.5 Å². The monoisotopic (exact) mass is 235 g/mol. The number of pyridine rings is 1. The fourth-order valence-electron chi connectivity index (χ4n) is 1.60. The van der Waals surface area contributed by atoms with Crippen molar-refractivity contribution in [1.82, 2.24) is 15.2 Å². The number of hydrogen-bond donors (Lipinski definition) is 1. The van der Waals surface area contributed by atoms with Gasteiger partial charge >= 0.3 is 0 Å². The molecule has 2 aromatic heterocycles. The molecule has 1 aliphatic rings. The average molecular weight is 236 g/mol. The molecule has 1 saturated carbocycles. The standard InChI is InChI=1S/C11H10ClN3O/c12-10-5-8(3-4-13-10)16-9-6-14-15-11(9)7-1-2-7/h3-7H,1-2H2,(H,14,15). The van der Waals surface area contributed by atoms with Crippen molar-refractivity contribution in [1.29, 1.82) is 0 Å². The summed E-state index contributed by atoms with van der Waals surface area (Å²) in [6.45, 7) is 0. The molecule has 2 heterocycles. The number of hydrogen-bond acceptors (Lipinski definition) is 3. The number of H-pyrrole nitrogens is 1. The Hall–Kier alpha value is -1.55. The highest BCUT2D eigenvalue weighted by Gasteiger charge is 2.29. The lowest BCUT2D eigenvalue weighted by Crippen LogP contribution is -1.88. The second-order valence-electron chi connectivity index (χ2n) is 3.83. The topological polar surface area (TPSA) is 50.8 Å². The predicted molar refractivity (Wildman–Crippen MR) is 59.9 cm³/mol. The van der Waals surface area contributed by atoms with Gasteiger partial charge in [0.05, 0.1) is 6.20 Å². The van der Waals surface area contributed by atoms with Crippen molar-refractivity contribution >= 4 is 11.6 Å². The summed E-state index contributed by atoms with van der Waals surface area (Å²) in [6.07, 6.45) is 5.77. The molecule has 1 N–H and O–H groups in total. The van der Waals surface area contributed by atoms with Crippen LogP contribution in [-0.4, -0.2) is 15.2 Å². The number of aromatic nitrogens is 3. The van der Waals surface area contributed by atoms with E-state index in [1.165, 1.54) is 12.8 Å². The van der Waals surface area contributed by atoms with Crippen LogP contribution in [0.4, 0.5) is 0 Å². The average Bonchev–Trinajstić information content (AvgIpc) is 3.00. The van der Waals surface area contributed by atoms with Crippen LogP contribution in [0.15, 0.2) is 24.5 Å². The van der Waals surface area contributed by atoms with Gasteiger partial charge in [0.2, 0.25) is 0 Å². The molecule has 0 aliphatic heterocycles. The largest absolute Gasteiger partial charge is 0.454 e. The maximum Gasteiger partial charge on any atom is 0.168 e. The van der Waals surface area contributed by atoms with E-state index in [0.29, 0.717) is 16.8 Å². The molecule has 5 heteroatoms. The number of rotatable bonds is 3. The Morgan fingerprint density at radius 2 is 2.31 bits per heavy atom. The molecule has 16 heavy (non-hydrogen) atoms. The number of nitrogens with one attached hydrogen (secondary N) is 1. The minimum atomic E-state index is 0.425. The zero-order valence-electron chi connectivity index (χ0n) is 8.48. The van der Waals surface area contributed by atoms with Gasteiger partial charge < -0.3 is 4.74 Å². The SMILES string of the molecule is Clc1cc(Oc2c[nH]nc2C2CC2)ccn1. The van der Waals surface area contributed by atoms with Crippen LogP contribution < -0.4 is 4.74 Å². The van der Waals surface area contributed by atoms with Crippen molar-refractivity contribution in [2.45, 2.75) is 18.8 Å². The molecular weight excluding hydrogens is 226 g/mol. The number of aromatic amines is 1. The van der Waals surface area contributed by atoms with Crippen molar-refractivity contribution in [3.63, 3.8) is 0 Å². The molecule has 0 bridgehead atoms. The molecule has 0 saturated heterocycles. The van der Waals surface area contributed by atoms with E-state index in [9.17, 15) is 0 Å². The minimum absolute atomic E-state index is 0.425. The van der Waals surface area contributed by atoms with E-state index >= 15 is 0 Å². The Morgan fingerprint density at radius 3 is 3.06 bits per heavy atom. The van der Waals surface area contributed by atoms with Gasteiger partial charge in [0, 0.05) is 18.2 Å². The highest BCUT2D eigenvalue weighted by Crippen LogP contribution is 2.43.